The average Bonchev–Trinajstić information content (AvgIpc) is 2.56. The van der Waals surface area contributed by atoms with Crippen LogP contribution in [-0.2, 0) is 17.4 Å². The van der Waals surface area contributed by atoms with Gasteiger partial charge < -0.3 is 5.32 Å². The molecular formula is C11H9F3N2OS. The molecule has 2 rings (SSSR count). The molecule has 2 N–H and O–H groups in total. The van der Waals surface area contributed by atoms with Crippen LogP contribution in [-0.4, -0.2) is 16.3 Å². The quantitative estimate of drug-likeness (QED) is 0.870. The maximum atomic E-state index is 12.5. The predicted molar refractivity (Wildman–Crippen MR) is 62.4 cm³/mol. The van der Waals surface area contributed by atoms with Crippen LogP contribution >= 0.6 is 11.8 Å². The van der Waals surface area contributed by atoms with E-state index in [1.54, 1.807) is 6.07 Å². The van der Waals surface area contributed by atoms with Crippen LogP contribution in [0.3, 0.4) is 0 Å². The largest absolute Gasteiger partial charge is 0.416 e. The fraction of sp³-hybridized carbons (Fsp3) is 0.273. The summed E-state index contributed by atoms with van der Waals surface area (Å²) < 4.78 is 37.5. The number of carbonyl (C=O) groups is 1. The van der Waals surface area contributed by atoms with Crippen molar-refractivity contribution in [3.63, 3.8) is 0 Å². The van der Waals surface area contributed by atoms with Crippen molar-refractivity contribution in [2.45, 2.75) is 17.8 Å². The van der Waals surface area contributed by atoms with Gasteiger partial charge in [-0.15, -0.1) is 0 Å². The Balaban J connectivity index is 2.15. The summed E-state index contributed by atoms with van der Waals surface area (Å²) in [6.45, 7) is 0. The topological polar surface area (TPSA) is 53.0 Å². The monoisotopic (exact) mass is 274 g/mol. The van der Waals surface area contributed by atoms with Crippen molar-refractivity contribution in [2.75, 3.05) is 0 Å². The van der Waals surface area contributed by atoms with E-state index in [2.05, 4.69) is 5.32 Å². The Morgan fingerprint density at radius 3 is 2.67 bits per heavy atom. The molecule has 96 valence electrons. The van der Waals surface area contributed by atoms with Gasteiger partial charge in [0.25, 0.3) is 0 Å². The Hall–Kier alpha value is -1.50. The third-order valence-electron chi connectivity index (χ3n) is 2.46. The van der Waals surface area contributed by atoms with Gasteiger partial charge in [0.1, 0.15) is 0 Å². The smallest absolute Gasteiger partial charge is 0.305 e. The van der Waals surface area contributed by atoms with E-state index in [0.717, 1.165) is 23.9 Å². The number of halogens is 3. The lowest BCUT2D eigenvalue weighted by Gasteiger charge is -2.10. The van der Waals surface area contributed by atoms with Crippen molar-refractivity contribution in [2.24, 2.45) is 0 Å². The molecule has 1 fully saturated rings. The number of rotatable bonds is 2. The number of amidine groups is 1. The predicted octanol–water partition coefficient (Wildman–Crippen LogP) is 2.41. The van der Waals surface area contributed by atoms with E-state index in [0.29, 0.717) is 5.56 Å². The zero-order valence-corrected chi connectivity index (χ0v) is 9.86. The van der Waals surface area contributed by atoms with Gasteiger partial charge >= 0.3 is 6.18 Å². The minimum absolute atomic E-state index is 0.0389. The molecule has 0 saturated carbocycles. The fourth-order valence-electron chi connectivity index (χ4n) is 1.64. The minimum atomic E-state index is -4.38. The van der Waals surface area contributed by atoms with Crippen molar-refractivity contribution in [3.8, 4) is 0 Å². The number of benzene rings is 1. The lowest BCUT2D eigenvalue weighted by Crippen LogP contribution is -2.25. The summed E-state index contributed by atoms with van der Waals surface area (Å²) in [5.41, 5.74) is -0.286. The summed E-state index contributed by atoms with van der Waals surface area (Å²) in [7, 11) is 0. The summed E-state index contributed by atoms with van der Waals surface area (Å²) in [6.07, 6.45) is -4.20. The van der Waals surface area contributed by atoms with Gasteiger partial charge in [0, 0.05) is 0 Å². The van der Waals surface area contributed by atoms with Crippen LogP contribution in [0.25, 0.3) is 0 Å². The molecule has 3 nitrogen and oxygen atoms in total. The first kappa shape index (κ1) is 12.9. The third-order valence-corrected chi connectivity index (χ3v) is 3.47. The van der Waals surface area contributed by atoms with E-state index in [1.807, 2.05) is 0 Å². The zero-order chi connectivity index (χ0) is 13.3. The van der Waals surface area contributed by atoms with Crippen molar-refractivity contribution < 1.29 is 18.0 Å². The highest BCUT2D eigenvalue weighted by molar-refractivity contribution is 8.15. The van der Waals surface area contributed by atoms with Crippen molar-refractivity contribution >= 4 is 22.8 Å². The third kappa shape index (κ3) is 2.84. The van der Waals surface area contributed by atoms with Gasteiger partial charge in [-0.1, -0.05) is 30.0 Å². The summed E-state index contributed by atoms with van der Waals surface area (Å²) in [4.78, 5) is 11.4. The number of hydrogen-bond acceptors (Lipinski definition) is 3. The highest BCUT2D eigenvalue weighted by Crippen LogP contribution is 2.30. The maximum absolute atomic E-state index is 12.5. The lowest BCUT2D eigenvalue weighted by molar-refractivity contribution is -0.137. The summed E-state index contributed by atoms with van der Waals surface area (Å²) in [6, 6.07) is 4.90. The Morgan fingerprint density at radius 2 is 2.11 bits per heavy atom. The van der Waals surface area contributed by atoms with E-state index < -0.39 is 17.0 Å². The SMILES string of the molecule is N=C1NC(=O)C(Cc2cccc(C(F)(F)F)c2)S1. The number of thioether (sulfide) groups is 1. The van der Waals surface area contributed by atoms with Crippen LogP contribution in [0, 0.1) is 5.41 Å². The minimum Gasteiger partial charge on any atom is -0.305 e. The van der Waals surface area contributed by atoms with E-state index >= 15 is 0 Å². The molecule has 0 bridgehead atoms. The second-order valence-electron chi connectivity index (χ2n) is 3.83. The molecule has 1 saturated heterocycles. The molecule has 18 heavy (non-hydrogen) atoms. The molecule has 0 aromatic heterocycles. The molecule has 0 aliphatic carbocycles. The number of carbonyl (C=O) groups excluding carboxylic acids is 1. The zero-order valence-electron chi connectivity index (χ0n) is 9.04. The Kier molecular flexibility index (Phi) is 3.34. The molecule has 1 heterocycles. The van der Waals surface area contributed by atoms with Gasteiger partial charge in [0.2, 0.25) is 5.91 Å². The van der Waals surface area contributed by atoms with Crippen LogP contribution < -0.4 is 5.32 Å². The molecule has 0 spiro atoms. The Bertz CT molecular complexity index is 501. The maximum Gasteiger partial charge on any atom is 0.416 e. The second-order valence-corrected chi connectivity index (χ2v) is 5.04. The van der Waals surface area contributed by atoms with Crippen LogP contribution in [0.5, 0.6) is 0 Å². The number of hydrogen-bond donors (Lipinski definition) is 2. The Morgan fingerprint density at radius 1 is 1.39 bits per heavy atom. The van der Waals surface area contributed by atoms with Gasteiger partial charge in [-0.05, 0) is 18.1 Å². The number of nitrogens with one attached hydrogen (secondary N) is 2. The molecule has 1 aliphatic rings. The molecule has 7 heteroatoms. The fourth-order valence-corrected chi connectivity index (χ4v) is 2.53. The standard InChI is InChI=1S/C11H9F3N2OS/c12-11(13,14)7-3-1-2-6(4-7)5-8-9(17)16-10(15)18-8/h1-4,8H,5H2,(H2,15,16,17). The molecule has 1 atom stereocenters. The van der Waals surface area contributed by atoms with Gasteiger partial charge in [-0.25, -0.2) is 0 Å². The highest BCUT2D eigenvalue weighted by atomic mass is 32.2. The van der Waals surface area contributed by atoms with E-state index in [4.69, 9.17) is 5.41 Å². The molecule has 0 radical (unpaired) electrons. The van der Waals surface area contributed by atoms with E-state index in [9.17, 15) is 18.0 Å². The van der Waals surface area contributed by atoms with Crippen molar-refractivity contribution in [1.82, 2.24) is 5.32 Å². The molecule has 1 amide bonds. The van der Waals surface area contributed by atoms with E-state index in [1.165, 1.54) is 6.07 Å². The first-order chi connectivity index (χ1) is 8.36. The van der Waals surface area contributed by atoms with Gasteiger partial charge in [0.05, 0.1) is 10.8 Å². The Labute approximate surface area is 105 Å². The van der Waals surface area contributed by atoms with Crippen LogP contribution in [0.1, 0.15) is 11.1 Å². The summed E-state index contributed by atoms with van der Waals surface area (Å²) in [5.74, 6) is -0.331. The average molecular weight is 274 g/mol. The summed E-state index contributed by atoms with van der Waals surface area (Å²) in [5, 5.41) is 9.10. The molecular weight excluding hydrogens is 265 g/mol. The van der Waals surface area contributed by atoms with Crippen LogP contribution in [0.15, 0.2) is 24.3 Å². The van der Waals surface area contributed by atoms with E-state index in [-0.39, 0.29) is 17.5 Å². The van der Waals surface area contributed by atoms with Gasteiger partial charge in [-0.3, -0.25) is 10.2 Å². The normalized spacial score (nSPS) is 20.1. The number of alkyl halides is 3. The molecule has 1 unspecified atom stereocenters. The number of amides is 1. The van der Waals surface area contributed by atoms with Gasteiger partial charge in [0.15, 0.2) is 5.17 Å². The van der Waals surface area contributed by atoms with Crippen LogP contribution in [0.2, 0.25) is 0 Å². The molecule has 1 aromatic carbocycles. The molecule has 1 aromatic rings. The molecule has 1 aliphatic heterocycles. The first-order valence-corrected chi connectivity index (χ1v) is 5.96. The van der Waals surface area contributed by atoms with Crippen molar-refractivity contribution in [3.05, 3.63) is 35.4 Å². The van der Waals surface area contributed by atoms with Gasteiger partial charge in [-0.2, -0.15) is 13.2 Å². The highest BCUT2D eigenvalue weighted by Gasteiger charge is 2.32. The summed E-state index contributed by atoms with van der Waals surface area (Å²) >= 11 is 1.02. The van der Waals surface area contributed by atoms with Crippen molar-refractivity contribution in [1.29, 1.82) is 5.41 Å². The lowest BCUT2D eigenvalue weighted by atomic mass is 10.1. The first-order valence-electron chi connectivity index (χ1n) is 5.08. The van der Waals surface area contributed by atoms with Crippen LogP contribution in [0.4, 0.5) is 13.2 Å². The second kappa shape index (κ2) is 4.64.